The second-order valence-electron chi connectivity index (χ2n) is 5.77. The van der Waals surface area contributed by atoms with E-state index in [-0.39, 0.29) is 0 Å². The van der Waals surface area contributed by atoms with Crippen molar-refractivity contribution in [3.63, 3.8) is 0 Å². The molecule has 0 aliphatic carbocycles. The maximum Gasteiger partial charge on any atom is 0.283 e. The van der Waals surface area contributed by atoms with E-state index in [1.807, 2.05) is 60.7 Å². The van der Waals surface area contributed by atoms with Crippen molar-refractivity contribution in [2.45, 2.75) is 0 Å². The fourth-order valence-corrected chi connectivity index (χ4v) is 2.64. The summed E-state index contributed by atoms with van der Waals surface area (Å²) < 4.78 is 2.63. The molecule has 2 aromatic carbocycles. The molecule has 2 aromatic heterocycles. The monoisotopic (exact) mass is 357 g/mol. The van der Waals surface area contributed by atoms with Crippen LogP contribution in [-0.4, -0.2) is 25.3 Å². The topological polar surface area (TPSA) is 81.8 Å². The molecule has 27 heavy (non-hydrogen) atoms. The SMILES string of the molecule is O=C(/C=C/c1ccccc1)Nn1cnc2c(cnn2-c2ccccc2)c1=O. The lowest BCUT2D eigenvalue weighted by atomic mass is 10.2. The third kappa shape index (κ3) is 3.38. The van der Waals surface area contributed by atoms with E-state index in [0.29, 0.717) is 11.0 Å². The molecular weight excluding hydrogens is 342 g/mol. The van der Waals surface area contributed by atoms with Gasteiger partial charge in [-0.1, -0.05) is 48.5 Å². The fraction of sp³-hybridized carbons (Fsp3) is 0. The Hall–Kier alpha value is -4.00. The summed E-state index contributed by atoms with van der Waals surface area (Å²) >= 11 is 0. The molecule has 0 bridgehead atoms. The second-order valence-corrected chi connectivity index (χ2v) is 5.77. The first-order valence-electron chi connectivity index (χ1n) is 8.27. The van der Waals surface area contributed by atoms with E-state index < -0.39 is 11.5 Å². The van der Waals surface area contributed by atoms with Gasteiger partial charge in [0.15, 0.2) is 5.65 Å². The summed E-state index contributed by atoms with van der Waals surface area (Å²) in [5.74, 6) is -0.433. The maximum atomic E-state index is 12.6. The maximum absolute atomic E-state index is 12.6. The van der Waals surface area contributed by atoms with Crippen LogP contribution in [0.25, 0.3) is 22.8 Å². The lowest BCUT2D eigenvalue weighted by molar-refractivity contribution is -0.112. The molecule has 4 aromatic rings. The van der Waals surface area contributed by atoms with Gasteiger partial charge in [-0.15, -0.1) is 0 Å². The number of hydrogen-bond acceptors (Lipinski definition) is 4. The molecule has 132 valence electrons. The molecule has 0 radical (unpaired) electrons. The van der Waals surface area contributed by atoms with Crippen molar-refractivity contribution in [3.05, 3.63) is 95.2 Å². The number of amides is 1. The first-order valence-corrected chi connectivity index (χ1v) is 8.27. The van der Waals surface area contributed by atoms with Crippen LogP contribution in [0.3, 0.4) is 0 Å². The second kappa shape index (κ2) is 7.09. The predicted octanol–water partition coefficient (Wildman–Crippen LogP) is 2.37. The summed E-state index contributed by atoms with van der Waals surface area (Å²) in [5.41, 5.74) is 4.21. The van der Waals surface area contributed by atoms with Gasteiger partial charge < -0.3 is 0 Å². The van der Waals surface area contributed by atoms with Gasteiger partial charge in [-0.05, 0) is 23.8 Å². The van der Waals surface area contributed by atoms with Crippen LogP contribution in [-0.2, 0) is 4.79 Å². The van der Waals surface area contributed by atoms with Gasteiger partial charge in [0.2, 0.25) is 0 Å². The van der Waals surface area contributed by atoms with E-state index in [9.17, 15) is 9.59 Å². The summed E-state index contributed by atoms with van der Waals surface area (Å²) in [6, 6.07) is 18.8. The Morgan fingerprint density at radius 3 is 2.44 bits per heavy atom. The Labute approximate surface area is 154 Å². The van der Waals surface area contributed by atoms with Gasteiger partial charge in [-0.25, -0.2) is 14.3 Å². The number of nitrogens with one attached hydrogen (secondary N) is 1. The third-order valence-electron chi connectivity index (χ3n) is 3.95. The van der Waals surface area contributed by atoms with Gasteiger partial charge in [0.1, 0.15) is 11.7 Å². The minimum absolute atomic E-state index is 0.314. The Bertz CT molecular complexity index is 1180. The molecule has 1 amide bonds. The van der Waals surface area contributed by atoms with Gasteiger partial charge in [0, 0.05) is 6.08 Å². The van der Waals surface area contributed by atoms with Gasteiger partial charge in [0.25, 0.3) is 11.5 Å². The van der Waals surface area contributed by atoms with Crippen LogP contribution < -0.4 is 11.0 Å². The first kappa shape index (κ1) is 16.5. The molecular formula is C20H15N5O2. The summed E-state index contributed by atoms with van der Waals surface area (Å²) in [5, 5.41) is 4.55. The number of aromatic nitrogens is 4. The molecule has 0 saturated carbocycles. The Morgan fingerprint density at radius 2 is 1.70 bits per heavy atom. The van der Waals surface area contributed by atoms with Crippen molar-refractivity contribution < 1.29 is 4.79 Å². The summed E-state index contributed by atoms with van der Waals surface area (Å²) in [6.45, 7) is 0. The highest BCUT2D eigenvalue weighted by atomic mass is 16.2. The molecule has 2 heterocycles. The summed E-state index contributed by atoms with van der Waals surface area (Å²) in [7, 11) is 0. The molecule has 0 fully saturated rings. The number of hydrogen-bond donors (Lipinski definition) is 1. The quantitative estimate of drug-likeness (QED) is 0.569. The van der Waals surface area contributed by atoms with Crippen molar-refractivity contribution in [2.24, 2.45) is 0 Å². The average molecular weight is 357 g/mol. The number of nitrogens with zero attached hydrogens (tertiary/aromatic N) is 4. The minimum atomic E-state index is -0.433. The van der Waals surface area contributed by atoms with Crippen molar-refractivity contribution in [2.75, 3.05) is 5.43 Å². The first-order chi connectivity index (χ1) is 13.2. The van der Waals surface area contributed by atoms with Crippen molar-refractivity contribution >= 4 is 23.0 Å². The fourth-order valence-electron chi connectivity index (χ4n) is 2.64. The van der Waals surface area contributed by atoms with Crippen LogP contribution in [0.4, 0.5) is 0 Å². The molecule has 1 N–H and O–H groups in total. The standard InChI is InChI=1S/C20H15N5O2/c26-18(12-11-15-7-3-1-4-8-15)23-24-14-21-19-17(20(24)27)13-22-25(19)16-9-5-2-6-10-16/h1-14H,(H,23,26)/b12-11+. The van der Waals surface area contributed by atoms with E-state index in [1.54, 1.807) is 10.8 Å². The van der Waals surface area contributed by atoms with Gasteiger partial charge in [-0.3, -0.25) is 15.0 Å². The molecule has 0 spiro atoms. The van der Waals surface area contributed by atoms with E-state index in [1.165, 1.54) is 18.6 Å². The smallest absolute Gasteiger partial charge is 0.268 e. The Morgan fingerprint density at radius 1 is 1.00 bits per heavy atom. The normalized spacial score (nSPS) is 11.1. The van der Waals surface area contributed by atoms with Crippen LogP contribution >= 0.6 is 0 Å². The number of fused-ring (bicyclic) bond motifs is 1. The molecule has 0 aliphatic rings. The van der Waals surface area contributed by atoms with E-state index in [4.69, 9.17) is 0 Å². The molecule has 0 unspecified atom stereocenters. The number of benzene rings is 2. The average Bonchev–Trinajstić information content (AvgIpc) is 3.15. The number of carbonyl (C=O) groups is 1. The molecule has 0 aliphatic heterocycles. The Balaban J connectivity index is 1.60. The van der Waals surface area contributed by atoms with Gasteiger partial charge in [0.05, 0.1) is 11.9 Å². The van der Waals surface area contributed by atoms with Gasteiger partial charge >= 0.3 is 0 Å². The van der Waals surface area contributed by atoms with Crippen LogP contribution in [0, 0.1) is 0 Å². The number of para-hydroxylation sites is 1. The highest BCUT2D eigenvalue weighted by Gasteiger charge is 2.12. The van der Waals surface area contributed by atoms with Crippen LogP contribution in [0.1, 0.15) is 5.56 Å². The van der Waals surface area contributed by atoms with Crippen molar-refractivity contribution in [3.8, 4) is 5.69 Å². The molecule has 4 rings (SSSR count). The molecule has 0 saturated heterocycles. The largest absolute Gasteiger partial charge is 0.283 e. The lowest BCUT2D eigenvalue weighted by Gasteiger charge is -2.06. The van der Waals surface area contributed by atoms with Crippen molar-refractivity contribution in [1.82, 2.24) is 19.4 Å². The van der Waals surface area contributed by atoms with E-state index in [0.717, 1.165) is 15.9 Å². The zero-order valence-electron chi connectivity index (χ0n) is 14.2. The third-order valence-corrected chi connectivity index (χ3v) is 3.95. The van der Waals surface area contributed by atoms with Crippen LogP contribution in [0.5, 0.6) is 0 Å². The zero-order valence-corrected chi connectivity index (χ0v) is 14.2. The minimum Gasteiger partial charge on any atom is -0.268 e. The summed E-state index contributed by atoms with van der Waals surface area (Å²) in [6.07, 6.45) is 5.75. The molecule has 7 nitrogen and oxygen atoms in total. The highest BCUT2D eigenvalue weighted by Crippen LogP contribution is 2.12. The predicted molar refractivity (Wildman–Crippen MR) is 103 cm³/mol. The van der Waals surface area contributed by atoms with Gasteiger partial charge in [-0.2, -0.15) is 5.10 Å². The molecule has 0 atom stereocenters. The lowest BCUT2D eigenvalue weighted by Crippen LogP contribution is -2.32. The highest BCUT2D eigenvalue weighted by molar-refractivity contribution is 5.97. The van der Waals surface area contributed by atoms with Crippen LogP contribution in [0.15, 0.2) is 84.1 Å². The number of rotatable bonds is 4. The summed E-state index contributed by atoms with van der Waals surface area (Å²) in [4.78, 5) is 29.0. The van der Waals surface area contributed by atoms with Crippen LogP contribution in [0.2, 0.25) is 0 Å². The zero-order chi connectivity index (χ0) is 18.6. The van der Waals surface area contributed by atoms with E-state index in [2.05, 4.69) is 15.5 Å². The van der Waals surface area contributed by atoms with Crippen molar-refractivity contribution in [1.29, 1.82) is 0 Å². The van der Waals surface area contributed by atoms with E-state index >= 15 is 0 Å². The molecule has 7 heteroatoms. The number of carbonyl (C=O) groups excluding carboxylic acids is 1. The Kier molecular flexibility index (Phi) is 4.32.